The predicted molar refractivity (Wildman–Crippen MR) is 99.1 cm³/mol. The van der Waals surface area contributed by atoms with Gasteiger partial charge in [0.1, 0.15) is 17.4 Å². The Kier molecular flexibility index (Phi) is 4.38. The standard InChI is InChI=1S/C22H21NO2/c24-21(14-16-8-4-5-9-16)23-22(17-10-2-1-3-11-17)20-15-18-12-6-7-13-19(18)25-20/h1-4,6-8,10-13,15-16,22H,5,9,14H2,(H,23,24)/t16-,22+/m1/s1. The van der Waals surface area contributed by atoms with Crippen LogP contribution in [0.15, 0.2) is 77.2 Å². The van der Waals surface area contributed by atoms with Crippen molar-refractivity contribution >= 4 is 16.9 Å². The third kappa shape index (κ3) is 3.50. The van der Waals surface area contributed by atoms with Gasteiger partial charge in [-0.15, -0.1) is 0 Å². The number of fused-ring (bicyclic) bond motifs is 1. The second kappa shape index (κ2) is 6.98. The molecule has 1 N–H and O–H groups in total. The molecule has 1 aromatic heterocycles. The van der Waals surface area contributed by atoms with E-state index in [1.165, 1.54) is 0 Å². The molecular formula is C22H21NO2. The third-order valence-corrected chi connectivity index (χ3v) is 4.73. The van der Waals surface area contributed by atoms with Crippen LogP contribution in [0.4, 0.5) is 0 Å². The van der Waals surface area contributed by atoms with Crippen molar-refractivity contribution in [2.24, 2.45) is 5.92 Å². The molecule has 4 rings (SSSR count). The van der Waals surface area contributed by atoms with Crippen molar-refractivity contribution in [1.29, 1.82) is 0 Å². The Bertz CT molecular complexity index is 862. The second-order valence-electron chi connectivity index (χ2n) is 6.57. The number of hydrogen-bond donors (Lipinski definition) is 1. The molecule has 0 radical (unpaired) electrons. The van der Waals surface area contributed by atoms with Crippen molar-refractivity contribution in [2.75, 3.05) is 0 Å². The Morgan fingerprint density at radius 3 is 2.68 bits per heavy atom. The molecule has 0 aliphatic heterocycles. The van der Waals surface area contributed by atoms with Gasteiger partial charge >= 0.3 is 0 Å². The van der Waals surface area contributed by atoms with Gasteiger partial charge in [-0.1, -0.05) is 60.7 Å². The van der Waals surface area contributed by atoms with Crippen molar-refractivity contribution in [3.8, 4) is 0 Å². The molecule has 3 aromatic rings. The third-order valence-electron chi connectivity index (χ3n) is 4.73. The molecule has 0 unspecified atom stereocenters. The summed E-state index contributed by atoms with van der Waals surface area (Å²) in [5.41, 5.74) is 1.86. The van der Waals surface area contributed by atoms with Crippen LogP contribution < -0.4 is 5.32 Å². The average molecular weight is 331 g/mol. The quantitative estimate of drug-likeness (QED) is 0.669. The van der Waals surface area contributed by atoms with E-state index in [1.807, 2.05) is 60.7 Å². The Labute approximate surface area is 147 Å². The molecule has 1 amide bonds. The van der Waals surface area contributed by atoms with Crippen LogP contribution in [0.3, 0.4) is 0 Å². The molecule has 25 heavy (non-hydrogen) atoms. The lowest BCUT2D eigenvalue weighted by Gasteiger charge is -2.18. The fourth-order valence-electron chi connectivity index (χ4n) is 3.43. The lowest BCUT2D eigenvalue weighted by Crippen LogP contribution is -2.30. The van der Waals surface area contributed by atoms with Gasteiger partial charge < -0.3 is 9.73 Å². The molecule has 1 aliphatic rings. The van der Waals surface area contributed by atoms with Crippen LogP contribution >= 0.6 is 0 Å². The Balaban J connectivity index is 1.62. The van der Waals surface area contributed by atoms with Crippen LogP contribution in [0.1, 0.15) is 36.6 Å². The number of hydrogen-bond acceptors (Lipinski definition) is 2. The molecule has 1 aliphatic carbocycles. The van der Waals surface area contributed by atoms with Gasteiger partial charge in [-0.3, -0.25) is 4.79 Å². The van der Waals surface area contributed by atoms with Crippen molar-refractivity contribution in [2.45, 2.75) is 25.3 Å². The number of para-hydroxylation sites is 1. The first-order valence-corrected chi connectivity index (χ1v) is 8.79. The molecular weight excluding hydrogens is 310 g/mol. The summed E-state index contributed by atoms with van der Waals surface area (Å²) in [6.07, 6.45) is 6.97. The molecule has 0 fully saturated rings. The van der Waals surface area contributed by atoms with Gasteiger partial charge in [-0.2, -0.15) is 0 Å². The Morgan fingerprint density at radius 1 is 1.12 bits per heavy atom. The molecule has 3 nitrogen and oxygen atoms in total. The number of nitrogens with one attached hydrogen (secondary N) is 1. The normalized spacial score (nSPS) is 17.7. The van der Waals surface area contributed by atoms with Crippen LogP contribution in [-0.4, -0.2) is 5.91 Å². The number of furan rings is 1. The van der Waals surface area contributed by atoms with Crippen LogP contribution in [0, 0.1) is 5.92 Å². The Morgan fingerprint density at radius 2 is 1.92 bits per heavy atom. The van der Waals surface area contributed by atoms with Crippen molar-refractivity contribution in [3.63, 3.8) is 0 Å². The minimum absolute atomic E-state index is 0.0610. The van der Waals surface area contributed by atoms with E-state index in [-0.39, 0.29) is 11.9 Å². The highest BCUT2D eigenvalue weighted by molar-refractivity contribution is 5.80. The number of benzene rings is 2. The zero-order chi connectivity index (χ0) is 17.1. The second-order valence-corrected chi connectivity index (χ2v) is 6.57. The van der Waals surface area contributed by atoms with E-state index in [9.17, 15) is 4.79 Å². The maximum absolute atomic E-state index is 12.6. The van der Waals surface area contributed by atoms with E-state index in [0.717, 1.165) is 35.1 Å². The zero-order valence-corrected chi connectivity index (χ0v) is 14.0. The Hall–Kier alpha value is -2.81. The number of amides is 1. The first-order chi connectivity index (χ1) is 12.3. The maximum Gasteiger partial charge on any atom is 0.221 e. The van der Waals surface area contributed by atoms with Gasteiger partial charge in [-0.25, -0.2) is 0 Å². The summed E-state index contributed by atoms with van der Waals surface area (Å²) in [6, 6.07) is 19.7. The molecule has 126 valence electrons. The van der Waals surface area contributed by atoms with Gasteiger partial charge in [0.25, 0.3) is 0 Å². The van der Waals surface area contributed by atoms with Gasteiger partial charge in [0, 0.05) is 11.8 Å². The summed E-state index contributed by atoms with van der Waals surface area (Å²) >= 11 is 0. The van der Waals surface area contributed by atoms with Gasteiger partial charge in [-0.05, 0) is 36.5 Å². The summed E-state index contributed by atoms with van der Waals surface area (Å²) in [5.74, 6) is 1.18. The van der Waals surface area contributed by atoms with E-state index in [4.69, 9.17) is 4.42 Å². The van der Waals surface area contributed by atoms with E-state index >= 15 is 0 Å². The predicted octanol–water partition coefficient (Wildman–Crippen LogP) is 4.99. The smallest absolute Gasteiger partial charge is 0.221 e. The van der Waals surface area contributed by atoms with E-state index in [0.29, 0.717) is 12.3 Å². The zero-order valence-electron chi connectivity index (χ0n) is 14.0. The summed E-state index contributed by atoms with van der Waals surface area (Å²) in [6.45, 7) is 0. The molecule has 2 aromatic carbocycles. The molecule has 0 bridgehead atoms. The first-order valence-electron chi connectivity index (χ1n) is 8.79. The molecule has 2 atom stereocenters. The lowest BCUT2D eigenvalue weighted by atomic mass is 10.0. The molecule has 0 spiro atoms. The summed E-state index contributed by atoms with van der Waals surface area (Å²) < 4.78 is 6.03. The minimum atomic E-state index is -0.272. The van der Waals surface area contributed by atoms with Crippen LogP contribution in [0.5, 0.6) is 0 Å². The fourth-order valence-corrected chi connectivity index (χ4v) is 3.43. The van der Waals surface area contributed by atoms with Crippen LogP contribution in [0.2, 0.25) is 0 Å². The minimum Gasteiger partial charge on any atom is -0.459 e. The number of carbonyl (C=O) groups excluding carboxylic acids is 1. The van der Waals surface area contributed by atoms with Crippen molar-refractivity contribution < 1.29 is 9.21 Å². The summed E-state index contributed by atoms with van der Waals surface area (Å²) in [7, 11) is 0. The molecule has 1 heterocycles. The van der Waals surface area contributed by atoms with Crippen molar-refractivity contribution in [1.82, 2.24) is 5.32 Å². The summed E-state index contributed by atoms with van der Waals surface area (Å²) in [5, 5.41) is 4.22. The van der Waals surface area contributed by atoms with E-state index in [1.54, 1.807) is 0 Å². The highest BCUT2D eigenvalue weighted by atomic mass is 16.3. The monoisotopic (exact) mass is 331 g/mol. The van der Waals surface area contributed by atoms with Gasteiger partial charge in [0.05, 0.1) is 0 Å². The average Bonchev–Trinajstić information content (AvgIpc) is 3.29. The summed E-state index contributed by atoms with van der Waals surface area (Å²) in [4.78, 5) is 12.6. The highest BCUT2D eigenvalue weighted by Crippen LogP contribution is 2.29. The van der Waals surface area contributed by atoms with Crippen molar-refractivity contribution in [3.05, 3.63) is 84.1 Å². The molecule has 0 saturated carbocycles. The molecule has 0 saturated heterocycles. The first kappa shape index (κ1) is 15.7. The maximum atomic E-state index is 12.6. The van der Waals surface area contributed by atoms with Crippen LogP contribution in [-0.2, 0) is 4.79 Å². The van der Waals surface area contributed by atoms with Gasteiger partial charge in [0.2, 0.25) is 5.91 Å². The van der Waals surface area contributed by atoms with E-state index in [2.05, 4.69) is 17.5 Å². The number of allylic oxidation sites excluding steroid dienone is 2. The SMILES string of the molecule is O=C(C[C@@H]1C=CCC1)N[C@@H](c1ccccc1)c1cc2ccccc2o1. The highest BCUT2D eigenvalue weighted by Gasteiger charge is 2.22. The number of carbonyl (C=O) groups is 1. The van der Waals surface area contributed by atoms with Gasteiger partial charge in [0.15, 0.2) is 0 Å². The van der Waals surface area contributed by atoms with E-state index < -0.39 is 0 Å². The largest absolute Gasteiger partial charge is 0.459 e. The fraction of sp³-hybridized carbons (Fsp3) is 0.227. The van der Waals surface area contributed by atoms with Crippen LogP contribution in [0.25, 0.3) is 11.0 Å². The number of rotatable bonds is 5. The topological polar surface area (TPSA) is 42.2 Å². The molecule has 3 heteroatoms. The lowest BCUT2D eigenvalue weighted by molar-refractivity contribution is -0.122.